The van der Waals surface area contributed by atoms with E-state index in [-0.39, 0.29) is 6.04 Å². The topological polar surface area (TPSA) is 3.24 Å². The molecule has 1 atom stereocenters. The van der Waals surface area contributed by atoms with E-state index in [0.29, 0.717) is 0 Å². The Kier molecular flexibility index (Phi) is 11.2. The third kappa shape index (κ3) is 8.20. The second-order valence-electron chi connectivity index (χ2n) is 14.6. The fourth-order valence-electron chi connectivity index (χ4n) is 7.88. The van der Waals surface area contributed by atoms with Gasteiger partial charge in [-0.3, -0.25) is 0 Å². The summed E-state index contributed by atoms with van der Waals surface area (Å²) in [6.45, 7) is 8.73. The molecule has 0 heterocycles. The standard InChI is InChI=1S/C56H47N/c1-4-6-16-41(3)49(39-42-27-29-44(30-28-42)43-17-8-7-9-18-43)40-50(5-2)57(51-35-31-47(32-36-51)55-25-14-21-45-19-10-12-23-53(45)55)52-37-33-48(34-38-52)56-26-15-22-46-20-11-13-24-54(46)56/h4-39,50H,2,40H2,1,3H3/b6-4-,41-16+,49-39-. The lowest BCUT2D eigenvalue weighted by Gasteiger charge is -2.33. The van der Waals surface area contributed by atoms with Crippen LogP contribution in [0.4, 0.5) is 11.4 Å². The first-order valence-corrected chi connectivity index (χ1v) is 19.8. The molecule has 0 aromatic heterocycles. The molecule has 0 aliphatic rings. The second-order valence-corrected chi connectivity index (χ2v) is 14.6. The van der Waals surface area contributed by atoms with Crippen molar-refractivity contribution in [1.82, 2.24) is 0 Å². The fraction of sp³-hybridized carbons (Fsp3) is 0.0714. The predicted molar refractivity (Wildman–Crippen MR) is 248 cm³/mol. The SMILES string of the molecule is C=CC(CC(=C/c1ccc(-c2ccccc2)cc1)/C(C)=C/C=C\C)N(c1ccc(-c2cccc3ccccc23)cc1)c1ccc(-c2cccc3ccccc23)cc1. The molecule has 1 nitrogen and oxygen atoms in total. The van der Waals surface area contributed by atoms with Crippen molar-refractivity contribution in [3.8, 4) is 33.4 Å². The van der Waals surface area contributed by atoms with E-state index in [1.807, 2.05) is 0 Å². The summed E-state index contributed by atoms with van der Waals surface area (Å²) in [6, 6.07) is 67.8. The lowest BCUT2D eigenvalue weighted by molar-refractivity contribution is 0.774. The van der Waals surface area contributed by atoms with Crippen molar-refractivity contribution in [2.24, 2.45) is 0 Å². The van der Waals surface area contributed by atoms with Crippen LogP contribution in [-0.2, 0) is 0 Å². The largest absolute Gasteiger partial charge is 0.334 e. The molecule has 0 fully saturated rings. The fourth-order valence-corrected chi connectivity index (χ4v) is 7.88. The molecule has 0 aliphatic heterocycles. The van der Waals surface area contributed by atoms with Crippen molar-refractivity contribution in [2.45, 2.75) is 26.3 Å². The minimum Gasteiger partial charge on any atom is -0.334 e. The maximum atomic E-state index is 4.46. The van der Waals surface area contributed by atoms with E-state index in [1.54, 1.807) is 0 Å². The van der Waals surface area contributed by atoms with E-state index in [2.05, 4.69) is 244 Å². The highest BCUT2D eigenvalue weighted by molar-refractivity contribution is 5.98. The lowest BCUT2D eigenvalue weighted by atomic mass is 9.93. The summed E-state index contributed by atoms with van der Waals surface area (Å²) in [5.74, 6) is 0. The van der Waals surface area contributed by atoms with Crippen LogP contribution >= 0.6 is 0 Å². The number of rotatable bonds is 12. The molecule has 0 saturated heterocycles. The van der Waals surface area contributed by atoms with E-state index >= 15 is 0 Å². The van der Waals surface area contributed by atoms with Crippen LogP contribution in [-0.4, -0.2) is 6.04 Å². The zero-order valence-electron chi connectivity index (χ0n) is 32.7. The minimum absolute atomic E-state index is 0.0411. The third-order valence-corrected chi connectivity index (χ3v) is 10.9. The van der Waals surface area contributed by atoms with Gasteiger partial charge in [0.2, 0.25) is 0 Å². The molecule has 1 unspecified atom stereocenters. The molecule has 0 bridgehead atoms. The molecule has 8 aromatic rings. The van der Waals surface area contributed by atoms with E-state index in [4.69, 9.17) is 0 Å². The van der Waals surface area contributed by atoms with Crippen LogP contribution in [0.1, 0.15) is 25.8 Å². The van der Waals surface area contributed by atoms with Crippen LogP contribution in [0.3, 0.4) is 0 Å². The first-order valence-electron chi connectivity index (χ1n) is 19.8. The average molecular weight is 734 g/mol. The number of hydrogen-bond acceptors (Lipinski definition) is 1. The van der Waals surface area contributed by atoms with Crippen LogP contribution in [0.15, 0.2) is 230 Å². The van der Waals surface area contributed by atoms with Crippen LogP contribution in [0.2, 0.25) is 0 Å². The van der Waals surface area contributed by atoms with E-state index in [0.717, 1.165) is 17.8 Å². The number of hydrogen-bond donors (Lipinski definition) is 0. The number of allylic oxidation sites excluding steroid dienone is 4. The monoisotopic (exact) mass is 733 g/mol. The summed E-state index contributed by atoms with van der Waals surface area (Å²) in [6.07, 6.45) is 11.6. The molecule has 1 heteroatoms. The van der Waals surface area contributed by atoms with Crippen LogP contribution in [0.25, 0.3) is 61.0 Å². The molecule has 0 aliphatic carbocycles. The Bertz CT molecular complexity index is 2580. The van der Waals surface area contributed by atoms with E-state index in [1.165, 1.54) is 71.6 Å². The Morgan fingerprint density at radius 3 is 1.53 bits per heavy atom. The molecular formula is C56H47N. The first-order chi connectivity index (χ1) is 28.1. The predicted octanol–water partition coefficient (Wildman–Crippen LogP) is 15.7. The van der Waals surface area contributed by atoms with Gasteiger partial charge < -0.3 is 4.90 Å². The van der Waals surface area contributed by atoms with Crippen molar-refractivity contribution >= 4 is 39.0 Å². The maximum Gasteiger partial charge on any atom is 0.0560 e. The quantitative estimate of drug-likeness (QED) is 0.0893. The Hall–Kier alpha value is -6.96. The maximum absolute atomic E-state index is 4.46. The van der Waals surface area contributed by atoms with Crippen molar-refractivity contribution in [2.75, 3.05) is 4.90 Å². The van der Waals surface area contributed by atoms with E-state index < -0.39 is 0 Å². The highest BCUT2D eigenvalue weighted by atomic mass is 15.2. The van der Waals surface area contributed by atoms with Gasteiger partial charge in [0.25, 0.3) is 0 Å². The molecule has 0 saturated carbocycles. The summed E-state index contributed by atoms with van der Waals surface area (Å²) in [7, 11) is 0. The van der Waals surface area contributed by atoms with Gasteiger partial charge in [-0.15, -0.1) is 6.58 Å². The van der Waals surface area contributed by atoms with Crippen LogP contribution in [0, 0.1) is 0 Å². The summed E-state index contributed by atoms with van der Waals surface area (Å²) < 4.78 is 0. The van der Waals surface area contributed by atoms with Crippen LogP contribution < -0.4 is 4.90 Å². The Balaban J connectivity index is 1.19. The summed E-state index contributed by atoms with van der Waals surface area (Å²) in [5.41, 5.74) is 13.2. The number of fused-ring (bicyclic) bond motifs is 2. The Morgan fingerprint density at radius 2 is 1.00 bits per heavy atom. The zero-order valence-corrected chi connectivity index (χ0v) is 32.7. The molecule has 57 heavy (non-hydrogen) atoms. The molecular weight excluding hydrogens is 687 g/mol. The van der Waals surface area contributed by atoms with Gasteiger partial charge in [-0.1, -0.05) is 194 Å². The van der Waals surface area contributed by atoms with Gasteiger partial charge in [-0.25, -0.2) is 0 Å². The summed E-state index contributed by atoms with van der Waals surface area (Å²) in [4.78, 5) is 2.45. The van der Waals surface area contributed by atoms with Crippen molar-refractivity contribution in [1.29, 1.82) is 0 Å². The van der Waals surface area contributed by atoms with Gasteiger partial charge in [0.1, 0.15) is 0 Å². The highest BCUT2D eigenvalue weighted by Crippen LogP contribution is 2.37. The molecule has 8 aromatic carbocycles. The van der Waals surface area contributed by atoms with Gasteiger partial charge in [0.15, 0.2) is 0 Å². The van der Waals surface area contributed by atoms with Crippen molar-refractivity contribution in [3.05, 3.63) is 236 Å². The third-order valence-electron chi connectivity index (χ3n) is 10.9. The molecule has 0 amide bonds. The van der Waals surface area contributed by atoms with Crippen LogP contribution in [0.5, 0.6) is 0 Å². The molecule has 0 N–H and O–H groups in total. The summed E-state index contributed by atoms with van der Waals surface area (Å²) in [5, 5.41) is 5.00. The van der Waals surface area contributed by atoms with Gasteiger partial charge in [-0.05, 0) is 116 Å². The smallest absolute Gasteiger partial charge is 0.0560 e. The lowest BCUT2D eigenvalue weighted by Crippen LogP contribution is -2.30. The van der Waals surface area contributed by atoms with Crippen molar-refractivity contribution < 1.29 is 0 Å². The average Bonchev–Trinajstić information content (AvgIpc) is 3.28. The van der Waals surface area contributed by atoms with Gasteiger partial charge in [0.05, 0.1) is 6.04 Å². The Labute approximate surface area is 337 Å². The van der Waals surface area contributed by atoms with Gasteiger partial charge >= 0.3 is 0 Å². The Morgan fingerprint density at radius 1 is 0.526 bits per heavy atom. The minimum atomic E-state index is -0.0411. The molecule has 0 radical (unpaired) electrons. The number of anilines is 2. The van der Waals surface area contributed by atoms with Gasteiger partial charge in [0, 0.05) is 11.4 Å². The normalized spacial score (nSPS) is 12.6. The molecule has 8 rings (SSSR count). The number of benzene rings is 8. The molecule has 276 valence electrons. The first kappa shape index (κ1) is 37.0. The molecule has 0 spiro atoms. The highest BCUT2D eigenvalue weighted by Gasteiger charge is 2.21. The summed E-state index contributed by atoms with van der Waals surface area (Å²) >= 11 is 0. The van der Waals surface area contributed by atoms with E-state index in [9.17, 15) is 0 Å². The number of nitrogens with zero attached hydrogens (tertiary/aromatic N) is 1. The second kappa shape index (κ2) is 17.2. The zero-order chi connectivity index (χ0) is 39.0. The van der Waals surface area contributed by atoms with Gasteiger partial charge in [-0.2, -0.15) is 0 Å². The van der Waals surface area contributed by atoms with Crippen molar-refractivity contribution in [3.63, 3.8) is 0 Å².